The average Bonchev–Trinajstić information content (AvgIpc) is 2.70. The highest BCUT2D eigenvalue weighted by Crippen LogP contribution is 2.35. The molecule has 72 valence electrons. The zero-order chi connectivity index (χ0) is 10.1. The number of aromatic carboxylic acids is 1. The van der Waals surface area contributed by atoms with Crippen LogP contribution in [0.4, 0.5) is 0 Å². The molecule has 2 heterocycles. The maximum Gasteiger partial charge on any atom is 0.356 e. The van der Waals surface area contributed by atoms with Gasteiger partial charge in [0.05, 0.1) is 14.7 Å². The van der Waals surface area contributed by atoms with Crippen LogP contribution >= 0.6 is 34.3 Å². The summed E-state index contributed by atoms with van der Waals surface area (Å²) in [5.41, 5.74) is 1.61. The van der Waals surface area contributed by atoms with Gasteiger partial charge in [-0.25, -0.2) is 9.78 Å². The van der Waals surface area contributed by atoms with Crippen molar-refractivity contribution in [1.82, 2.24) is 4.98 Å². The molecule has 14 heavy (non-hydrogen) atoms. The fourth-order valence-electron chi connectivity index (χ4n) is 1.01. The Morgan fingerprint density at radius 3 is 2.86 bits per heavy atom. The molecule has 0 bridgehead atoms. The fraction of sp³-hybridized carbons (Fsp3) is 0. The molecule has 0 radical (unpaired) electrons. The third-order valence-corrected chi connectivity index (χ3v) is 3.80. The minimum absolute atomic E-state index is 0.0912. The molecular weight excluding hydrogens is 242 g/mol. The summed E-state index contributed by atoms with van der Waals surface area (Å²) in [6, 6.07) is 3.54. The van der Waals surface area contributed by atoms with Crippen molar-refractivity contribution in [2.75, 3.05) is 0 Å². The monoisotopic (exact) mass is 245 g/mol. The van der Waals surface area contributed by atoms with Crippen molar-refractivity contribution in [2.24, 2.45) is 0 Å². The van der Waals surface area contributed by atoms with Crippen LogP contribution in [0, 0.1) is 0 Å². The minimum atomic E-state index is -1.01. The first-order chi connectivity index (χ1) is 6.68. The molecule has 0 aromatic carbocycles. The maximum absolute atomic E-state index is 10.8. The predicted molar refractivity (Wildman–Crippen MR) is 57.4 cm³/mol. The molecule has 2 aromatic rings. The number of hydrogen-bond acceptors (Lipinski definition) is 4. The molecule has 0 saturated carbocycles. The Labute approximate surface area is 92.6 Å². The van der Waals surface area contributed by atoms with Crippen LogP contribution in [0.15, 0.2) is 17.6 Å². The highest BCUT2D eigenvalue weighted by atomic mass is 35.5. The molecule has 0 fully saturated rings. The Hall–Kier alpha value is -0.910. The first kappa shape index (κ1) is 9.64. The van der Waals surface area contributed by atoms with E-state index in [-0.39, 0.29) is 5.69 Å². The molecule has 0 aliphatic rings. The number of halogens is 1. The van der Waals surface area contributed by atoms with Crippen LogP contribution in [0.2, 0.25) is 4.34 Å². The summed E-state index contributed by atoms with van der Waals surface area (Å²) in [4.78, 5) is 16.1. The lowest BCUT2D eigenvalue weighted by Crippen LogP contribution is -1.97. The van der Waals surface area contributed by atoms with Gasteiger partial charge in [0, 0.05) is 4.88 Å². The molecule has 0 aliphatic carbocycles. The summed E-state index contributed by atoms with van der Waals surface area (Å²) >= 11 is 8.42. The van der Waals surface area contributed by atoms with Gasteiger partial charge in [0.1, 0.15) is 0 Å². The lowest BCUT2D eigenvalue weighted by atomic mass is 10.3. The van der Waals surface area contributed by atoms with E-state index in [1.54, 1.807) is 12.1 Å². The summed E-state index contributed by atoms with van der Waals surface area (Å²) in [7, 11) is 0. The Morgan fingerprint density at radius 1 is 1.50 bits per heavy atom. The van der Waals surface area contributed by atoms with Gasteiger partial charge >= 0.3 is 5.97 Å². The van der Waals surface area contributed by atoms with Gasteiger partial charge in [-0.15, -0.1) is 22.7 Å². The third-order valence-electron chi connectivity index (χ3n) is 1.57. The summed E-state index contributed by atoms with van der Waals surface area (Å²) < 4.78 is 0.643. The highest BCUT2D eigenvalue weighted by Gasteiger charge is 2.16. The van der Waals surface area contributed by atoms with Gasteiger partial charge in [0.25, 0.3) is 0 Å². The van der Waals surface area contributed by atoms with Gasteiger partial charge in [0.15, 0.2) is 5.69 Å². The SMILES string of the molecule is O=C(O)c1ncsc1-c1ccc(Cl)s1. The first-order valence-corrected chi connectivity index (χ1v) is 5.68. The zero-order valence-electron chi connectivity index (χ0n) is 6.73. The number of thiophene rings is 1. The average molecular weight is 246 g/mol. The van der Waals surface area contributed by atoms with E-state index in [4.69, 9.17) is 16.7 Å². The summed E-state index contributed by atoms with van der Waals surface area (Å²) in [5, 5.41) is 8.84. The Morgan fingerprint density at radius 2 is 2.29 bits per heavy atom. The molecule has 2 rings (SSSR count). The molecular formula is C8H4ClNO2S2. The largest absolute Gasteiger partial charge is 0.476 e. The van der Waals surface area contributed by atoms with Crippen molar-refractivity contribution in [3.05, 3.63) is 27.7 Å². The summed E-state index contributed by atoms with van der Waals surface area (Å²) in [6.45, 7) is 0. The number of carboxylic acid groups (broad SMARTS) is 1. The van der Waals surface area contributed by atoms with E-state index in [0.29, 0.717) is 9.21 Å². The number of carboxylic acids is 1. The van der Waals surface area contributed by atoms with Crippen LogP contribution in [0.5, 0.6) is 0 Å². The van der Waals surface area contributed by atoms with Crippen molar-refractivity contribution < 1.29 is 9.90 Å². The third kappa shape index (κ3) is 1.66. The quantitative estimate of drug-likeness (QED) is 0.884. The molecule has 0 unspecified atom stereocenters. The Balaban J connectivity index is 2.51. The van der Waals surface area contributed by atoms with Gasteiger partial charge in [-0.1, -0.05) is 11.6 Å². The van der Waals surface area contributed by atoms with E-state index in [0.717, 1.165) is 4.88 Å². The van der Waals surface area contributed by atoms with E-state index in [9.17, 15) is 4.79 Å². The van der Waals surface area contributed by atoms with Gasteiger partial charge < -0.3 is 5.11 Å². The molecule has 0 spiro atoms. The molecule has 0 amide bonds. The molecule has 0 atom stereocenters. The standard InChI is InChI=1S/C8H4ClNO2S2/c9-5-2-1-4(14-5)7-6(8(11)12)10-3-13-7/h1-3H,(H,11,12). The van der Waals surface area contributed by atoms with Crippen LogP contribution in [-0.2, 0) is 0 Å². The molecule has 6 heteroatoms. The smallest absolute Gasteiger partial charge is 0.356 e. The van der Waals surface area contributed by atoms with Gasteiger partial charge in [0.2, 0.25) is 0 Å². The molecule has 3 nitrogen and oxygen atoms in total. The normalized spacial score (nSPS) is 10.4. The molecule has 0 saturated heterocycles. The Kier molecular flexibility index (Phi) is 2.54. The van der Waals surface area contributed by atoms with E-state index >= 15 is 0 Å². The lowest BCUT2D eigenvalue weighted by Gasteiger charge is -1.92. The Bertz CT molecular complexity index is 477. The second-order valence-corrected chi connectivity index (χ2v) is 5.01. The highest BCUT2D eigenvalue weighted by molar-refractivity contribution is 7.23. The van der Waals surface area contributed by atoms with Crippen LogP contribution in [-0.4, -0.2) is 16.1 Å². The number of hydrogen-bond donors (Lipinski definition) is 1. The fourth-order valence-corrected chi connectivity index (χ4v) is 2.96. The first-order valence-electron chi connectivity index (χ1n) is 3.61. The second kappa shape index (κ2) is 3.68. The van der Waals surface area contributed by atoms with Crippen LogP contribution in [0.25, 0.3) is 9.75 Å². The van der Waals surface area contributed by atoms with Crippen molar-refractivity contribution in [3.63, 3.8) is 0 Å². The summed E-state index contributed by atoms with van der Waals surface area (Å²) in [5.74, 6) is -1.01. The van der Waals surface area contributed by atoms with Gasteiger partial charge in [-0.05, 0) is 12.1 Å². The van der Waals surface area contributed by atoms with Gasteiger partial charge in [-0.2, -0.15) is 0 Å². The van der Waals surface area contributed by atoms with Crippen molar-refractivity contribution >= 4 is 40.2 Å². The minimum Gasteiger partial charge on any atom is -0.476 e. The number of carbonyl (C=O) groups is 1. The van der Waals surface area contributed by atoms with Crippen LogP contribution in [0.3, 0.4) is 0 Å². The summed E-state index contributed by atoms with van der Waals surface area (Å²) in [6.07, 6.45) is 0. The maximum atomic E-state index is 10.8. The number of rotatable bonds is 2. The van der Waals surface area contributed by atoms with Crippen molar-refractivity contribution in [3.8, 4) is 9.75 Å². The van der Waals surface area contributed by atoms with Crippen molar-refractivity contribution in [2.45, 2.75) is 0 Å². The van der Waals surface area contributed by atoms with E-state index in [1.165, 1.54) is 28.2 Å². The second-order valence-electron chi connectivity index (χ2n) is 2.44. The number of aromatic nitrogens is 1. The van der Waals surface area contributed by atoms with Gasteiger partial charge in [-0.3, -0.25) is 0 Å². The molecule has 1 N–H and O–H groups in total. The van der Waals surface area contributed by atoms with Crippen LogP contribution < -0.4 is 0 Å². The van der Waals surface area contributed by atoms with Crippen molar-refractivity contribution in [1.29, 1.82) is 0 Å². The zero-order valence-corrected chi connectivity index (χ0v) is 9.12. The topological polar surface area (TPSA) is 50.2 Å². The lowest BCUT2D eigenvalue weighted by molar-refractivity contribution is 0.0692. The van der Waals surface area contributed by atoms with E-state index in [2.05, 4.69) is 4.98 Å². The van der Waals surface area contributed by atoms with E-state index in [1.807, 2.05) is 0 Å². The molecule has 2 aromatic heterocycles. The van der Waals surface area contributed by atoms with Crippen LogP contribution in [0.1, 0.15) is 10.5 Å². The number of nitrogens with zero attached hydrogens (tertiary/aromatic N) is 1. The van der Waals surface area contributed by atoms with E-state index < -0.39 is 5.97 Å². The number of thiazole rings is 1. The predicted octanol–water partition coefficient (Wildman–Crippen LogP) is 3.22. The molecule has 0 aliphatic heterocycles.